The van der Waals surface area contributed by atoms with Gasteiger partial charge in [0, 0.05) is 43.1 Å². The molecule has 0 amide bonds. The number of ether oxygens (including phenoxy) is 2. The van der Waals surface area contributed by atoms with Crippen LogP contribution in [0.5, 0.6) is 5.75 Å². The molecule has 38 heavy (non-hydrogen) atoms. The van der Waals surface area contributed by atoms with Crippen LogP contribution in [-0.2, 0) is 4.74 Å². The van der Waals surface area contributed by atoms with Crippen molar-refractivity contribution in [2.45, 2.75) is 45.9 Å². The van der Waals surface area contributed by atoms with Crippen molar-refractivity contribution in [3.63, 3.8) is 0 Å². The van der Waals surface area contributed by atoms with Gasteiger partial charge in [-0.15, -0.1) is 0 Å². The standard InChI is InChI=1S/C29H32FN5O3/c1-16(2)35-22-12-23(34-9-7-33(8-10-34)19-14-37-15-19)28(38-17(3)4)26(30)25(22)27(36)24-20-6-5-18(13-31)11-21(20)32-29(24)35/h5-6,11-12,16-17,19,32H,7-10,14-15H2,1-4H3. The number of anilines is 1. The number of H-pyrrole nitrogens is 1. The lowest BCUT2D eigenvalue weighted by Crippen LogP contribution is -2.56. The van der Waals surface area contributed by atoms with Crippen LogP contribution in [0.3, 0.4) is 0 Å². The molecule has 0 saturated carbocycles. The number of aromatic nitrogens is 2. The third-order valence-electron chi connectivity index (χ3n) is 7.71. The molecular formula is C29H32FN5O3. The van der Waals surface area contributed by atoms with E-state index in [0.29, 0.717) is 44.7 Å². The van der Waals surface area contributed by atoms with Crippen LogP contribution in [0, 0.1) is 17.1 Å². The summed E-state index contributed by atoms with van der Waals surface area (Å²) in [6.07, 6.45) is -0.261. The van der Waals surface area contributed by atoms with Crippen LogP contribution in [0.2, 0.25) is 0 Å². The van der Waals surface area contributed by atoms with E-state index >= 15 is 4.39 Å². The summed E-state index contributed by atoms with van der Waals surface area (Å²) in [6.45, 7) is 12.5. The first-order valence-corrected chi connectivity index (χ1v) is 13.3. The molecule has 2 aliphatic heterocycles. The van der Waals surface area contributed by atoms with E-state index in [1.54, 1.807) is 18.2 Å². The Balaban J connectivity index is 1.60. The zero-order chi connectivity index (χ0) is 26.7. The number of nitriles is 1. The monoisotopic (exact) mass is 517 g/mol. The highest BCUT2D eigenvalue weighted by Gasteiger charge is 2.32. The van der Waals surface area contributed by atoms with E-state index in [1.807, 2.05) is 38.3 Å². The third kappa shape index (κ3) is 3.82. The van der Waals surface area contributed by atoms with Crippen molar-refractivity contribution in [2.24, 2.45) is 0 Å². The number of hydrogen-bond donors (Lipinski definition) is 1. The Bertz CT molecular complexity index is 1650. The van der Waals surface area contributed by atoms with Gasteiger partial charge in [-0.2, -0.15) is 5.26 Å². The predicted octanol–water partition coefficient (Wildman–Crippen LogP) is 4.54. The van der Waals surface area contributed by atoms with Crippen LogP contribution in [0.15, 0.2) is 29.1 Å². The molecule has 4 aromatic rings. The molecule has 9 heteroatoms. The van der Waals surface area contributed by atoms with Crippen molar-refractivity contribution in [1.82, 2.24) is 14.5 Å². The summed E-state index contributed by atoms with van der Waals surface area (Å²) in [6, 6.07) is 9.63. The summed E-state index contributed by atoms with van der Waals surface area (Å²) in [7, 11) is 0. The maximum atomic E-state index is 16.5. The zero-order valence-electron chi connectivity index (χ0n) is 22.2. The quantitative estimate of drug-likeness (QED) is 0.419. The van der Waals surface area contributed by atoms with E-state index < -0.39 is 5.82 Å². The van der Waals surface area contributed by atoms with Crippen molar-refractivity contribution in [3.05, 3.63) is 45.9 Å². The van der Waals surface area contributed by atoms with E-state index in [4.69, 9.17) is 9.47 Å². The fourth-order valence-corrected chi connectivity index (χ4v) is 5.80. The van der Waals surface area contributed by atoms with Gasteiger partial charge in [-0.25, -0.2) is 4.39 Å². The topological polar surface area (TPSA) is 86.5 Å². The summed E-state index contributed by atoms with van der Waals surface area (Å²) < 4.78 is 30.0. The van der Waals surface area contributed by atoms with E-state index in [9.17, 15) is 10.1 Å². The Morgan fingerprint density at radius 3 is 2.45 bits per heavy atom. The highest BCUT2D eigenvalue weighted by atomic mass is 19.1. The van der Waals surface area contributed by atoms with Crippen LogP contribution in [0.1, 0.15) is 39.3 Å². The van der Waals surface area contributed by atoms with Gasteiger partial charge in [-0.1, -0.05) is 6.07 Å². The predicted molar refractivity (Wildman–Crippen MR) is 147 cm³/mol. The second-order valence-electron chi connectivity index (χ2n) is 10.8. The summed E-state index contributed by atoms with van der Waals surface area (Å²) in [5, 5.41) is 10.5. The second kappa shape index (κ2) is 9.29. The molecule has 2 aromatic carbocycles. The van der Waals surface area contributed by atoms with Crippen LogP contribution >= 0.6 is 0 Å². The molecule has 0 radical (unpaired) electrons. The van der Waals surface area contributed by atoms with Gasteiger partial charge in [-0.05, 0) is 45.9 Å². The number of aromatic amines is 1. The first kappa shape index (κ1) is 24.7. The van der Waals surface area contributed by atoms with Gasteiger partial charge < -0.3 is 23.9 Å². The zero-order valence-corrected chi connectivity index (χ0v) is 22.2. The van der Waals surface area contributed by atoms with Crippen LogP contribution < -0.4 is 15.1 Å². The lowest BCUT2D eigenvalue weighted by atomic mass is 10.1. The molecule has 0 unspecified atom stereocenters. The van der Waals surface area contributed by atoms with Crippen molar-refractivity contribution >= 4 is 38.5 Å². The van der Waals surface area contributed by atoms with Gasteiger partial charge in [-0.3, -0.25) is 9.69 Å². The number of hydrogen-bond acceptors (Lipinski definition) is 6. The van der Waals surface area contributed by atoms with E-state index in [1.165, 1.54) is 0 Å². The van der Waals surface area contributed by atoms with Gasteiger partial charge in [0.2, 0.25) is 5.43 Å². The van der Waals surface area contributed by atoms with Crippen LogP contribution in [0.25, 0.3) is 32.8 Å². The number of fused-ring (bicyclic) bond motifs is 4. The second-order valence-corrected chi connectivity index (χ2v) is 10.8. The van der Waals surface area contributed by atoms with E-state index in [0.717, 1.165) is 39.4 Å². The Kier molecular flexibility index (Phi) is 6.04. The Morgan fingerprint density at radius 2 is 1.84 bits per heavy atom. The summed E-state index contributed by atoms with van der Waals surface area (Å²) in [5.74, 6) is -0.489. The SMILES string of the molecule is CC(C)Oc1c(N2CCN(C3COC3)CC2)cc2c(c1F)c(=O)c1c3ccc(C#N)cc3[nH]c1n2C(C)C. The molecule has 2 aliphatic rings. The third-order valence-corrected chi connectivity index (χ3v) is 7.71. The van der Waals surface area contributed by atoms with Gasteiger partial charge in [0.05, 0.1) is 59.0 Å². The number of benzene rings is 2. The lowest BCUT2D eigenvalue weighted by Gasteiger charge is -2.43. The van der Waals surface area contributed by atoms with Crippen molar-refractivity contribution in [3.8, 4) is 11.8 Å². The summed E-state index contributed by atoms with van der Waals surface area (Å²) in [5.41, 5.74) is 2.62. The first-order valence-electron chi connectivity index (χ1n) is 13.3. The molecule has 2 aromatic heterocycles. The molecule has 4 heterocycles. The Labute approximate surface area is 220 Å². The number of rotatable bonds is 5. The fourth-order valence-electron chi connectivity index (χ4n) is 5.80. The summed E-state index contributed by atoms with van der Waals surface area (Å²) >= 11 is 0. The normalized spacial score (nSPS) is 17.2. The molecule has 2 saturated heterocycles. The molecule has 198 valence electrons. The minimum absolute atomic E-state index is 0.0288. The molecule has 0 atom stereocenters. The van der Waals surface area contributed by atoms with Crippen molar-refractivity contribution in [2.75, 3.05) is 44.3 Å². The number of nitrogens with zero attached hydrogens (tertiary/aromatic N) is 4. The Morgan fingerprint density at radius 1 is 1.11 bits per heavy atom. The minimum Gasteiger partial charge on any atom is -0.486 e. The lowest BCUT2D eigenvalue weighted by molar-refractivity contribution is -0.0660. The Hall–Kier alpha value is -3.61. The highest BCUT2D eigenvalue weighted by molar-refractivity contribution is 6.10. The van der Waals surface area contributed by atoms with Crippen LogP contribution in [0.4, 0.5) is 10.1 Å². The maximum absolute atomic E-state index is 16.5. The first-order chi connectivity index (χ1) is 18.3. The molecule has 1 N–H and O–H groups in total. The highest BCUT2D eigenvalue weighted by Crippen LogP contribution is 2.40. The molecule has 2 fully saturated rings. The number of nitrogens with one attached hydrogen (secondary N) is 1. The summed E-state index contributed by atoms with van der Waals surface area (Å²) in [4.78, 5) is 21.9. The number of piperazine rings is 1. The fraction of sp³-hybridized carbons (Fsp3) is 0.448. The van der Waals surface area contributed by atoms with E-state index in [2.05, 4.69) is 20.9 Å². The van der Waals surface area contributed by atoms with Gasteiger partial charge >= 0.3 is 0 Å². The average Bonchev–Trinajstić information content (AvgIpc) is 3.23. The molecule has 0 spiro atoms. The van der Waals surface area contributed by atoms with Crippen molar-refractivity contribution < 1.29 is 13.9 Å². The molecule has 8 nitrogen and oxygen atoms in total. The molecule has 0 aliphatic carbocycles. The molecule has 6 rings (SSSR count). The number of pyridine rings is 1. The van der Waals surface area contributed by atoms with Gasteiger partial charge in [0.25, 0.3) is 0 Å². The maximum Gasteiger partial charge on any atom is 0.202 e. The van der Waals surface area contributed by atoms with Gasteiger partial charge in [0.15, 0.2) is 11.6 Å². The van der Waals surface area contributed by atoms with Crippen LogP contribution in [-0.4, -0.2) is 66.0 Å². The molecule has 0 bridgehead atoms. The van der Waals surface area contributed by atoms with Gasteiger partial charge in [0.1, 0.15) is 5.65 Å². The largest absolute Gasteiger partial charge is 0.486 e. The average molecular weight is 518 g/mol. The smallest absolute Gasteiger partial charge is 0.202 e. The van der Waals surface area contributed by atoms with Crippen molar-refractivity contribution in [1.29, 1.82) is 5.26 Å². The van der Waals surface area contributed by atoms with E-state index in [-0.39, 0.29) is 28.7 Å². The minimum atomic E-state index is -0.620. The number of halogens is 1. The molecular weight excluding hydrogens is 485 g/mol.